The molecular formula is C34H35N3O3. The smallest absolute Gasteiger partial charge is 0.327 e. The molecule has 1 aliphatic carbocycles. The van der Waals surface area contributed by atoms with E-state index < -0.39 is 6.04 Å². The number of hydrogen-bond donors (Lipinski definition) is 3. The van der Waals surface area contributed by atoms with Gasteiger partial charge in [-0.15, -0.1) is 0 Å². The zero-order valence-electron chi connectivity index (χ0n) is 22.7. The highest BCUT2D eigenvalue weighted by Gasteiger charge is 2.28. The molecular weight excluding hydrogens is 498 g/mol. The molecule has 1 aliphatic rings. The fourth-order valence-corrected chi connectivity index (χ4v) is 5.34. The second-order valence-electron chi connectivity index (χ2n) is 10.2. The molecule has 4 aromatic rings. The third-order valence-electron chi connectivity index (χ3n) is 7.47. The van der Waals surface area contributed by atoms with E-state index in [9.17, 15) is 9.59 Å². The summed E-state index contributed by atoms with van der Waals surface area (Å²) < 4.78 is 5.05. The highest BCUT2D eigenvalue weighted by atomic mass is 16.5. The molecule has 1 saturated carbocycles. The second-order valence-corrected chi connectivity index (χ2v) is 10.2. The van der Waals surface area contributed by atoms with Crippen molar-refractivity contribution >= 4 is 23.3 Å². The first-order valence-electron chi connectivity index (χ1n) is 13.8. The maximum atomic E-state index is 13.1. The Kier molecular flexibility index (Phi) is 8.89. The molecule has 4 aromatic carbocycles. The summed E-state index contributed by atoms with van der Waals surface area (Å²) in [6.07, 6.45) is 3.92. The van der Waals surface area contributed by atoms with Crippen LogP contribution in [-0.2, 0) is 9.53 Å². The molecule has 0 saturated heterocycles. The summed E-state index contributed by atoms with van der Waals surface area (Å²) in [4.78, 5) is 25.5. The van der Waals surface area contributed by atoms with Gasteiger partial charge in [0.05, 0.1) is 7.11 Å². The molecule has 6 heteroatoms. The van der Waals surface area contributed by atoms with Gasteiger partial charge in [-0.05, 0) is 72.7 Å². The average Bonchev–Trinajstić information content (AvgIpc) is 3.02. The van der Waals surface area contributed by atoms with Crippen LogP contribution in [0.3, 0.4) is 0 Å². The van der Waals surface area contributed by atoms with Crippen molar-refractivity contribution in [2.45, 2.75) is 43.8 Å². The summed E-state index contributed by atoms with van der Waals surface area (Å²) >= 11 is 0. The first kappa shape index (κ1) is 27.2. The van der Waals surface area contributed by atoms with Crippen LogP contribution in [-0.4, -0.2) is 31.1 Å². The molecule has 0 bridgehead atoms. The van der Waals surface area contributed by atoms with Gasteiger partial charge < -0.3 is 15.4 Å². The second kappa shape index (κ2) is 13.1. The zero-order valence-corrected chi connectivity index (χ0v) is 22.7. The lowest BCUT2D eigenvalue weighted by Gasteiger charge is -2.32. The SMILES string of the molecule is COC(=O)C(NC1CCC(Nc2ccc(NC(=O)c3ccccc3-c3ccccc3)cc2)CC1)c1ccccc1. The number of ether oxygens (including phenoxy) is 1. The molecule has 204 valence electrons. The topological polar surface area (TPSA) is 79.5 Å². The number of hydrogen-bond acceptors (Lipinski definition) is 5. The molecule has 3 N–H and O–H groups in total. The Hall–Kier alpha value is -4.42. The molecule has 5 rings (SSSR count). The van der Waals surface area contributed by atoms with Gasteiger partial charge >= 0.3 is 5.97 Å². The number of methoxy groups -OCH3 is 1. The molecule has 1 unspecified atom stereocenters. The van der Waals surface area contributed by atoms with Crippen LogP contribution in [0.15, 0.2) is 109 Å². The van der Waals surface area contributed by atoms with Gasteiger partial charge in [0, 0.05) is 29.0 Å². The van der Waals surface area contributed by atoms with Gasteiger partial charge in [-0.1, -0.05) is 78.9 Å². The van der Waals surface area contributed by atoms with Crippen molar-refractivity contribution in [1.29, 1.82) is 0 Å². The molecule has 0 heterocycles. The van der Waals surface area contributed by atoms with Crippen molar-refractivity contribution in [2.75, 3.05) is 17.7 Å². The number of amides is 1. The van der Waals surface area contributed by atoms with E-state index in [1.165, 1.54) is 7.11 Å². The lowest BCUT2D eigenvalue weighted by atomic mass is 9.90. The lowest BCUT2D eigenvalue weighted by Crippen LogP contribution is -2.41. The van der Waals surface area contributed by atoms with Crippen molar-refractivity contribution in [1.82, 2.24) is 5.32 Å². The number of benzene rings is 4. The van der Waals surface area contributed by atoms with Crippen LogP contribution >= 0.6 is 0 Å². The predicted molar refractivity (Wildman–Crippen MR) is 160 cm³/mol. The number of esters is 1. The van der Waals surface area contributed by atoms with E-state index >= 15 is 0 Å². The average molecular weight is 534 g/mol. The van der Waals surface area contributed by atoms with Gasteiger partial charge in [-0.25, -0.2) is 4.79 Å². The van der Waals surface area contributed by atoms with E-state index in [-0.39, 0.29) is 17.9 Å². The quantitative estimate of drug-likeness (QED) is 0.206. The number of nitrogens with one attached hydrogen (secondary N) is 3. The summed E-state index contributed by atoms with van der Waals surface area (Å²) in [5, 5.41) is 10.2. The van der Waals surface area contributed by atoms with E-state index in [2.05, 4.69) is 16.0 Å². The molecule has 40 heavy (non-hydrogen) atoms. The summed E-state index contributed by atoms with van der Waals surface area (Å²) in [5.74, 6) is -0.395. The summed E-state index contributed by atoms with van der Waals surface area (Å²) in [6.45, 7) is 0. The fourth-order valence-electron chi connectivity index (χ4n) is 5.34. The van der Waals surface area contributed by atoms with Crippen LogP contribution < -0.4 is 16.0 Å². The molecule has 0 aromatic heterocycles. The van der Waals surface area contributed by atoms with Crippen LogP contribution in [0.5, 0.6) is 0 Å². The normalized spacial score (nSPS) is 17.4. The van der Waals surface area contributed by atoms with Crippen molar-refractivity contribution in [3.8, 4) is 11.1 Å². The van der Waals surface area contributed by atoms with E-state index in [1.807, 2.05) is 109 Å². The first-order valence-corrected chi connectivity index (χ1v) is 13.8. The van der Waals surface area contributed by atoms with Crippen LogP contribution in [0.4, 0.5) is 11.4 Å². The summed E-state index contributed by atoms with van der Waals surface area (Å²) in [6, 6.07) is 35.3. The van der Waals surface area contributed by atoms with Crippen molar-refractivity contribution in [3.63, 3.8) is 0 Å². The standard InChI is InChI=1S/C34H35N3O3/c1-40-34(39)32(25-12-6-3-7-13-25)36-28-20-16-26(17-21-28)35-27-18-22-29(23-19-27)37-33(38)31-15-9-8-14-30(31)24-10-4-2-5-11-24/h2-15,18-19,22-23,26,28,32,35-36H,16-17,20-21H2,1H3,(H,37,38). The van der Waals surface area contributed by atoms with Gasteiger partial charge in [-0.2, -0.15) is 0 Å². The maximum Gasteiger partial charge on any atom is 0.327 e. The van der Waals surface area contributed by atoms with Crippen LogP contribution in [0.25, 0.3) is 11.1 Å². The van der Waals surface area contributed by atoms with Gasteiger partial charge in [0.2, 0.25) is 0 Å². The molecule has 1 atom stereocenters. The number of anilines is 2. The number of carbonyl (C=O) groups is 2. The van der Waals surface area contributed by atoms with E-state index in [0.717, 1.165) is 53.7 Å². The highest BCUT2D eigenvalue weighted by molar-refractivity contribution is 6.08. The van der Waals surface area contributed by atoms with Crippen molar-refractivity contribution in [3.05, 3.63) is 120 Å². The van der Waals surface area contributed by atoms with Crippen LogP contribution in [0.2, 0.25) is 0 Å². The third-order valence-corrected chi connectivity index (χ3v) is 7.47. The van der Waals surface area contributed by atoms with E-state index in [0.29, 0.717) is 11.6 Å². The van der Waals surface area contributed by atoms with Gasteiger partial charge in [-0.3, -0.25) is 10.1 Å². The van der Waals surface area contributed by atoms with Gasteiger partial charge in [0.15, 0.2) is 0 Å². The Labute approximate surface area is 235 Å². The Morgan fingerprint density at radius 1 is 0.700 bits per heavy atom. The Morgan fingerprint density at radius 3 is 1.95 bits per heavy atom. The first-order chi connectivity index (χ1) is 19.6. The lowest BCUT2D eigenvalue weighted by molar-refractivity contribution is -0.143. The molecule has 0 aliphatic heterocycles. The molecule has 6 nitrogen and oxygen atoms in total. The number of carbonyl (C=O) groups excluding carboxylic acids is 2. The molecule has 0 spiro atoms. The Balaban J connectivity index is 1.14. The van der Waals surface area contributed by atoms with Crippen molar-refractivity contribution < 1.29 is 14.3 Å². The minimum Gasteiger partial charge on any atom is -0.468 e. The third kappa shape index (κ3) is 6.77. The van der Waals surface area contributed by atoms with Gasteiger partial charge in [0.25, 0.3) is 5.91 Å². The largest absolute Gasteiger partial charge is 0.468 e. The van der Waals surface area contributed by atoms with Crippen LogP contribution in [0, 0.1) is 0 Å². The maximum absolute atomic E-state index is 13.1. The van der Waals surface area contributed by atoms with Crippen molar-refractivity contribution in [2.24, 2.45) is 0 Å². The zero-order chi connectivity index (χ0) is 27.7. The van der Waals surface area contributed by atoms with Crippen LogP contribution in [0.1, 0.15) is 47.6 Å². The Morgan fingerprint density at radius 2 is 1.27 bits per heavy atom. The molecule has 1 fully saturated rings. The van der Waals surface area contributed by atoms with E-state index in [1.54, 1.807) is 0 Å². The van der Waals surface area contributed by atoms with E-state index in [4.69, 9.17) is 4.74 Å². The molecule has 0 radical (unpaired) electrons. The predicted octanol–water partition coefficient (Wildman–Crippen LogP) is 6.83. The minimum atomic E-state index is -0.455. The Bertz CT molecular complexity index is 1400. The molecule has 1 amide bonds. The summed E-state index contributed by atoms with van der Waals surface area (Å²) in [5.41, 5.74) is 5.26. The fraction of sp³-hybridized carbons (Fsp3) is 0.235. The number of rotatable bonds is 9. The minimum absolute atomic E-state index is 0.133. The monoisotopic (exact) mass is 533 g/mol. The summed E-state index contributed by atoms with van der Waals surface area (Å²) in [7, 11) is 1.43. The highest BCUT2D eigenvalue weighted by Crippen LogP contribution is 2.27. The van der Waals surface area contributed by atoms with Gasteiger partial charge in [0.1, 0.15) is 6.04 Å².